The zero-order chi connectivity index (χ0) is 22.5. The first-order valence-electron chi connectivity index (χ1n) is 11.8. The molecule has 8 nitrogen and oxygen atoms in total. The van der Waals surface area contributed by atoms with E-state index in [0.29, 0.717) is 42.0 Å². The molecule has 6 rings (SSSR count). The van der Waals surface area contributed by atoms with Gasteiger partial charge < -0.3 is 19.3 Å². The quantitative estimate of drug-likeness (QED) is 0.776. The number of amides is 1. The smallest absolute Gasteiger partial charge is 0.255 e. The van der Waals surface area contributed by atoms with Crippen molar-refractivity contribution in [3.05, 3.63) is 50.9 Å². The fraction of sp³-hybridized carbons (Fsp3) is 0.480. The monoisotopic (exact) mass is 448 g/mol. The highest BCUT2D eigenvalue weighted by Gasteiger charge is 2.42. The predicted octanol–water partition coefficient (Wildman–Crippen LogP) is 2.34. The third-order valence-corrected chi connectivity index (χ3v) is 7.49. The minimum Gasteiger partial charge on any atom is -0.493 e. The normalized spacial score (nSPS) is 23.4. The highest BCUT2D eigenvalue weighted by molar-refractivity contribution is 5.99. The topological polar surface area (TPSA) is 87.8 Å². The number of anilines is 1. The van der Waals surface area contributed by atoms with Crippen LogP contribution in [0.15, 0.2) is 28.6 Å². The molecule has 8 heteroatoms. The molecule has 4 heterocycles. The molecule has 3 aliphatic heterocycles. The van der Waals surface area contributed by atoms with Gasteiger partial charge in [0, 0.05) is 43.2 Å². The summed E-state index contributed by atoms with van der Waals surface area (Å²) in [5.41, 5.74) is 3.19. The van der Waals surface area contributed by atoms with Gasteiger partial charge in [0.25, 0.3) is 11.5 Å². The molecule has 2 saturated heterocycles. The number of aromatic nitrogens is 2. The zero-order valence-electron chi connectivity index (χ0n) is 18.8. The molecular formula is C25H28N4O4. The van der Waals surface area contributed by atoms with E-state index in [1.807, 2.05) is 29.2 Å². The standard InChI is InChI=1S/C25H28N4O4/c1-32-20-6-4-5-15-11-17(14-33-22(15)20)24(31)29-12-16-7-8-18-21(19(16)13-29)26-25(27-23(18)30)28-9-2-3-10-28/h4-6,11,16,19H,2-3,7-10,12-14H2,1H3,(H,26,27,30)/t16-,19+/m1/s1. The number of ether oxygens (including phenoxy) is 2. The number of nitrogens with zero attached hydrogens (tertiary/aromatic N) is 3. The molecule has 0 unspecified atom stereocenters. The summed E-state index contributed by atoms with van der Waals surface area (Å²) >= 11 is 0. The van der Waals surface area contributed by atoms with Crippen LogP contribution in [0.1, 0.15) is 42.0 Å². The third-order valence-electron chi connectivity index (χ3n) is 7.49. The second-order valence-electron chi connectivity index (χ2n) is 9.40. The summed E-state index contributed by atoms with van der Waals surface area (Å²) in [5, 5.41) is 0. The van der Waals surface area contributed by atoms with E-state index in [-0.39, 0.29) is 24.0 Å². The summed E-state index contributed by atoms with van der Waals surface area (Å²) in [6.45, 7) is 3.38. The lowest BCUT2D eigenvalue weighted by atomic mass is 9.80. The fourth-order valence-corrected chi connectivity index (χ4v) is 5.77. The van der Waals surface area contributed by atoms with Crippen molar-refractivity contribution in [1.29, 1.82) is 0 Å². The van der Waals surface area contributed by atoms with Crippen molar-refractivity contribution in [2.45, 2.75) is 31.6 Å². The van der Waals surface area contributed by atoms with Crippen molar-refractivity contribution >= 4 is 17.9 Å². The maximum Gasteiger partial charge on any atom is 0.255 e. The number of rotatable bonds is 3. The van der Waals surface area contributed by atoms with Crippen LogP contribution < -0.4 is 19.9 Å². The molecule has 2 fully saturated rings. The molecule has 172 valence electrons. The molecule has 0 radical (unpaired) electrons. The van der Waals surface area contributed by atoms with Gasteiger partial charge in [0.2, 0.25) is 5.95 Å². The summed E-state index contributed by atoms with van der Waals surface area (Å²) in [6.07, 6.45) is 5.79. The third kappa shape index (κ3) is 3.39. The van der Waals surface area contributed by atoms with E-state index in [4.69, 9.17) is 14.5 Å². The van der Waals surface area contributed by atoms with Crippen LogP contribution in [-0.2, 0) is 11.2 Å². The van der Waals surface area contributed by atoms with Gasteiger partial charge in [0.05, 0.1) is 18.4 Å². The van der Waals surface area contributed by atoms with E-state index in [0.717, 1.165) is 55.6 Å². The first-order valence-corrected chi connectivity index (χ1v) is 11.8. The summed E-state index contributed by atoms with van der Waals surface area (Å²) in [7, 11) is 1.61. The van der Waals surface area contributed by atoms with Gasteiger partial charge >= 0.3 is 0 Å². The van der Waals surface area contributed by atoms with E-state index < -0.39 is 0 Å². The second kappa shape index (κ2) is 7.93. The van der Waals surface area contributed by atoms with Crippen LogP contribution in [0.4, 0.5) is 5.95 Å². The van der Waals surface area contributed by atoms with Crippen molar-refractivity contribution in [2.75, 3.05) is 44.8 Å². The molecule has 33 heavy (non-hydrogen) atoms. The van der Waals surface area contributed by atoms with Crippen LogP contribution in [-0.4, -0.2) is 60.7 Å². The Hall–Kier alpha value is -3.29. The lowest BCUT2D eigenvalue weighted by Crippen LogP contribution is -2.33. The lowest BCUT2D eigenvalue weighted by Gasteiger charge is -2.27. The number of hydrogen-bond donors (Lipinski definition) is 1. The van der Waals surface area contributed by atoms with Gasteiger partial charge in [-0.25, -0.2) is 4.98 Å². The molecule has 1 aromatic carbocycles. The first kappa shape index (κ1) is 20.3. The summed E-state index contributed by atoms with van der Waals surface area (Å²) in [4.78, 5) is 38.3. The number of nitrogens with one attached hydrogen (secondary N) is 1. The largest absolute Gasteiger partial charge is 0.493 e. The van der Waals surface area contributed by atoms with Crippen LogP contribution in [0, 0.1) is 5.92 Å². The van der Waals surface area contributed by atoms with Gasteiger partial charge in [0.1, 0.15) is 6.61 Å². The van der Waals surface area contributed by atoms with Crippen LogP contribution in [0.5, 0.6) is 11.5 Å². The number of methoxy groups -OCH3 is 1. The SMILES string of the molecule is COc1cccc2c1OCC(C(=O)N1C[C@H]3CCc4c(nc(N5CCCC5)[nH]c4=O)[C@H]3C1)=C2. The number of H-pyrrole nitrogens is 1. The molecule has 1 aromatic heterocycles. The Balaban J connectivity index is 1.26. The van der Waals surface area contributed by atoms with Gasteiger partial charge in [-0.1, -0.05) is 12.1 Å². The van der Waals surface area contributed by atoms with Crippen molar-refractivity contribution in [2.24, 2.45) is 5.92 Å². The van der Waals surface area contributed by atoms with Crippen LogP contribution in [0.25, 0.3) is 6.08 Å². The molecule has 1 aliphatic carbocycles. The fourth-order valence-electron chi connectivity index (χ4n) is 5.77. The maximum absolute atomic E-state index is 13.4. The Kier molecular flexibility index (Phi) is 4.89. The van der Waals surface area contributed by atoms with Gasteiger partial charge in [-0.2, -0.15) is 0 Å². The average molecular weight is 449 g/mol. The zero-order valence-corrected chi connectivity index (χ0v) is 18.8. The molecule has 4 aliphatic rings. The second-order valence-corrected chi connectivity index (χ2v) is 9.40. The Morgan fingerprint density at radius 3 is 2.91 bits per heavy atom. The molecule has 2 atom stereocenters. The van der Waals surface area contributed by atoms with Crippen molar-refractivity contribution in [3.8, 4) is 11.5 Å². The molecule has 1 N–H and O–H groups in total. The van der Waals surface area contributed by atoms with E-state index >= 15 is 0 Å². The van der Waals surface area contributed by atoms with E-state index in [9.17, 15) is 9.59 Å². The molecular weight excluding hydrogens is 420 g/mol. The molecule has 0 bridgehead atoms. The van der Waals surface area contributed by atoms with Crippen molar-refractivity contribution < 1.29 is 14.3 Å². The Bertz CT molecular complexity index is 1200. The predicted molar refractivity (Wildman–Crippen MR) is 124 cm³/mol. The highest BCUT2D eigenvalue weighted by atomic mass is 16.5. The molecule has 2 aromatic rings. The van der Waals surface area contributed by atoms with Crippen molar-refractivity contribution in [1.82, 2.24) is 14.9 Å². The van der Waals surface area contributed by atoms with E-state index in [1.54, 1.807) is 7.11 Å². The number of para-hydroxylation sites is 1. The maximum atomic E-state index is 13.4. The summed E-state index contributed by atoms with van der Waals surface area (Å²) in [6, 6.07) is 5.68. The van der Waals surface area contributed by atoms with E-state index in [2.05, 4.69) is 9.88 Å². The number of aromatic amines is 1. The summed E-state index contributed by atoms with van der Waals surface area (Å²) < 4.78 is 11.3. The number of carbonyl (C=O) groups is 1. The minimum absolute atomic E-state index is 0.00373. The number of benzene rings is 1. The van der Waals surface area contributed by atoms with Crippen LogP contribution in [0.2, 0.25) is 0 Å². The van der Waals surface area contributed by atoms with Gasteiger partial charge in [0.15, 0.2) is 11.5 Å². The number of carbonyl (C=O) groups excluding carboxylic acids is 1. The van der Waals surface area contributed by atoms with Crippen LogP contribution >= 0.6 is 0 Å². The summed E-state index contributed by atoms with van der Waals surface area (Å²) in [5.74, 6) is 2.49. The minimum atomic E-state index is -0.0148. The first-order chi connectivity index (χ1) is 16.1. The Morgan fingerprint density at radius 2 is 2.09 bits per heavy atom. The molecule has 1 amide bonds. The molecule has 0 spiro atoms. The Morgan fingerprint density at radius 1 is 1.24 bits per heavy atom. The van der Waals surface area contributed by atoms with Gasteiger partial charge in [-0.3, -0.25) is 14.6 Å². The van der Waals surface area contributed by atoms with Crippen LogP contribution in [0.3, 0.4) is 0 Å². The van der Waals surface area contributed by atoms with E-state index in [1.165, 1.54) is 0 Å². The number of likely N-dealkylation sites (tertiary alicyclic amines) is 1. The number of hydrogen-bond acceptors (Lipinski definition) is 6. The van der Waals surface area contributed by atoms with Gasteiger partial charge in [-0.05, 0) is 43.7 Å². The lowest BCUT2D eigenvalue weighted by molar-refractivity contribution is -0.126. The van der Waals surface area contributed by atoms with Gasteiger partial charge in [-0.15, -0.1) is 0 Å². The average Bonchev–Trinajstić information content (AvgIpc) is 3.53. The van der Waals surface area contributed by atoms with Crippen molar-refractivity contribution in [3.63, 3.8) is 0 Å². The highest BCUT2D eigenvalue weighted by Crippen LogP contribution is 2.41. The molecule has 0 saturated carbocycles. The number of fused-ring (bicyclic) bond motifs is 4. The Labute approximate surface area is 192 Å².